The average Bonchev–Trinajstić information content (AvgIpc) is 4.01. The molecule has 0 aliphatic rings. The van der Waals surface area contributed by atoms with Crippen molar-refractivity contribution >= 4 is 83.4 Å². The molecule has 0 unspecified atom stereocenters. The van der Waals surface area contributed by atoms with Gasteiger partial charge < -0.3 is 18.9 Å². The molecule has 0 saturated heterocycles. The molecule has 4 nitrogen and oxygen atoms in total. The van der Waals surface area contributed by atoms with E-state index in [2.05, 4.69) is 311 Å². The van der Waals surface area contributed by atoms with E-state index in [9.17, 15) is 0 Å². The summed E-state index contributed by atoms with van der Waals surface area (Å²) in [6, 6.07) is 98.6. The summed E-state index contributed by atoms with van der Waals surface area (Å²) in [5.41, 5.74) is 20.3. The molecule has 13 rings (SSSR count). The van der Waals surface area contributed by atoms with Crippen molar-refractivity contribution in [2.75, 3.05) is 9.80 Å². The van der Waals surface area contributed by atoms with E-state index in [1.54, 1.807) is 6.08 Å². The molecule has 0 aliphatic heterocycles. The van der Waals surface area contributed by atoms with E-state index in [4.69, 9.17) is 6.42 Å². The zero-order valence-electron chi connectivity index (χ0n) is 42.6. The van der Waals surface area contributed by atoms with Gasteiger partial charge in [0, 0.05) is 67.1 Å². The van der Waals surface area contributed by atoms with Gasteiger partial charge in [-0.3, -0.25) is 0 Å². The number of para-hydroxylation sites is 3. The number of terminal acetylenes is 1. The normalized spacial score (nSPS) is 11.7. The van der Waals surface area contributed by atoms with Crippen LogP contribution in [-0.4, -0.2) is 9.13 Å². The Bertz CT molecular complexity index is 4350. The zero-order valence-corrected chi connectivity index (χ0v) is 42.6. The van der Waals surface area contributed by atoms with Crippen molar-refractivity contribution in [3.05, 3.63) is 291 Å². The third kappa shape index (κ3) is 8.72. The number of aromatic nitrogens is 2. The first-order valence-corrected chi connectivity index (χ1v) is 26.1. The van der Waals surface area contributed by atoms with Crippen LogP contribution < -0.4 is 9.80 Å². The Kier molecular flexibility index (Phi) is 12.2. The number of fused-ring (bicyclic) bond motifs is 6. The standard InChI is InChI=1S/C73H52N4/c1-3-4-8-19-52(2)74-70-28-17-15-26-66(70)68-50-64(46-48-72(68)74)75(60-38-30-55(31-39-60)53-20-9-5-10-21-53)62-42-34-57(35-43-62)58-36-44-63(45-37-58)76(61-40-32-56(33-41-61)54-22-11-6-12-23-54)65-47-49-73-69(51-65)67-27-16-18-29-71(67)77(73)59-24-13-7-14-25-59/h1,4-51H,2H3/b8-4-,52-19+. The van der Waals surface area contributed by atoms with Crippen LogP contribution in [0.4, 0.5) is 34.1 Å². The number of anilines is 6. The molecule has 0 radical (unpaired) electrons. The third-order valence-electron chi connectivity index (χ3n) is 14.8. The predicted octanol–water partition coefficient (Wildman–Crippen LogP) is 19.9. The van der Waals surface area contributed by atoms with Crippen molar-refractivity contribution in [1.29, 1.82) is 0 Å². The second-order valence-corrected chi connectivity index (χ2v) is 19.4. The highest BCUT2D eigenvalue weighted by Crippen LogP contribution is 2.43. The van der Waals surface area contributed by atoms with Gasteiger partial charge in [0.25, 0.3) is 0 Å². The first kappa shape index (κ1) is 46.4. The number of hydrogen-bond donors (Lipinski definition) is 0. The SMILES string of the molecule is C#C/C=C\C=C(/C)n1c2ccccc2c2cc(N(c3ccc(-c4ccccc4)cc3)c3ccc(-c4ccc(N(c5ccc(-c6ccccc6)cc5)c5ccc6c(c5)c5ccccc5n6-c5ccccc5)cc4)cc3)ccc21. The maximum atomic E-state index is 5.56. The lowest BCUT2D eigenvalue weighted by Gasteiger charge is -2.27. The summed E-state index contributed by atoms with van der Waals surface area (Å²) in [5, 5.41) is 4.79. The Morgan fingerprint density at radius 3 is 1.16 bits per heavy atom. The van der Waals surface area contributed by atoms with Crippen LogP contribution in [-0.2, 0) is 0 Å². The number of allylic oxidation sites excluding steroid dienone is 4. The van der Waals surface area contributed by atoms with E-state index in [1.807, 2.05) is 6.08 Å². The van der Waals surface area contributed by atoms with Crippen molar-refractivity contribution in [2.24, 2.45) is 0 Å². The smallest absolute Gasteiger partial charge is 0.0542 e. The van der Waals surface area contributed by atoms with E-state index in [1.165, 1.54) is 54.8 Å². The second kappa shape index (κ2) is 20.2. The molecule has 0 N–H and O–H groups in total. The molecule has 0 aliphatic carbocycles. The fourth-order valence-corrected chi connectivity index (χ4v) is 11.1. The quantitative estimate of drug-likeness (QED) is 0.0896. The van der Waals surface area contributed by atoms with Crippen molar-refractivity contribution in [1.82, 2.24) is 9.13 Å². The average molecular weight is 985 g/mol. The van der Waals surface area contributed by atoms with Gasteiger partial charge in [-0.1, -0.05) is 176 Å². The van der Waals surface area contributed by atoms with Gasteiger partial charge in [-0.15, -0.1) is 6.42 Å². The Hall–Kier alpha value is -10.3. The number of benzene rings is 11. The molecule has 0 bridgehead atoms. The Morgan fingerprint density at radius 1 is 0.351 bits per heavy atom. The molecule has 11 aromatic carbocycles. The lowest BCUT2D eigenvalue weighted by molar-refractivity contribution is 1.18. The van der Waals surface area contributed by atoms with Gasteiger partial charge in [-0.05, 0) is 162 Å². The van der Waals surface area contributed by atoms with Crippen LogP contribution in [0.2, 0.25) is 0 Å². The Balaban J connectivity index is 0.879. The topological polar surface area (TPSA) is 16.3 Å². The van der Waals surface area contributed by atoms with Crippen molar-refractivity contribution < 1.29 is 0 Å². The molecule has 13 aromatic rings. The van der Waals surface area contributed by atoms with Crippen LogP contribution in [0.3, 0.4) is 0 Å². The maximum Gasteiger partial charge on any atom is 0.0542 e. The number of nitrogens with zero attached hydrogens (tertiary/aromatic N) is 4. The summed E-state index contributed by atoms with van der Waals surface area (Å²) in [5.74, 6) is 2.61. The minimum atomic E-state index is 1.06. The minimum absolute atomic E-state index is 1.06. The number of rotatable bonds is 12. The third-order valence-corrected chi connectivity index (χ3v) is 14.8. The van der Waals surface area contributed by atoms with Gasteiger partial charge in [0.2, 0.25) is 0 Å². The molecule has 2 heterocycles. The molecule has 4 heteroatoms. The van der Waals surface area contributed by atoms with Crippen LogP contribution in [0.5, 0.6) is 0 Å². The van der Waals surface area contributed by atoms with E-state index in [-0.39, 0.29) is 0 Å². The van der Waals surface area contributed by atoms with Gasteiger partial charge in [0.05, 0.1) is 22.1 Å². The van der Waals surface area contributed by atoms with Crippen molar-refractivity contribution in [3.8, 4) is 51.4 Å². The summed E-state index contributed by atoms with van der Waals surface area (Å²) >= 11 is 0. The summed E-state index contributed by atoms with van der Waals surface area (Å²) in [7, 11) is 0. The first-order valence-electron chi connectivity index (χ1n) is 26.1. The molecule has 0 amide bonds. The molecule has 364 valence electrons. The molecule has 0 fully saturated rings. The van der Waals surface area contributed by atoms with Crippen LogP contribution in [0.1, 0.15) is 6.92 Å². The lowest BCUT2D eigenvalue weighted by atomic mass is 10.0. The predicted molar refractivity (Wildman–Crippen MR) is 327 cm³/mol. The van der Waals surface area contributed by atoms with Gasteiger partial charge in [0.15, 0.2) is 0 Å². The molecular weight excluding hydrogens is 933 g/mol. The first-order chi connectivity index (χ1) is 38.1. The largest absolute Gasteiger partial charge is 0.313 e. The summed E-state index contributed by atoms with van der Waals surface area (Å²) in [4.78, 5) is 4.74. The van der Waals surface area contributed by atoms with Crippen LogP contribution >= 0.6 is 0 Å². The Labute approximate surface area is 449 Å². The van der Waals surface area contributed by atoms with E-state index in [0.717, 1.165) is 67.7 Å². The lowest BCUT2D eigenvalue weighted by Crippen LogP contribution is -2.10. The van der Waals surface area contributed by atoms with Crippen molar-refractivity contribution in [2.45, 2.75) is 6.92 Å². The van der Waals surface area contributed by atoms with E-state index in [0.29, 0.717) is 0 Å². The van der Waals surface area contributed by atoms with E-state index < -0.39 is 0 Å². The van der Waals surface area contributed by atoms with Gasteiger partial charge in [-0.2, -0.15) is 0 Å². The molecular formula is C73H52N4. The highest BCUT2D eigenvalue weighted by atomic mass is 15.1. The van der Waals surface area contributed by atoms with Crippen molar-refractivity contribution in [3.63, 3.8) is 0 Å². The molecule has 0 saturated carbocycles. The fourth-order valence-electron chi connectivity index (χ4n) is 11.1. The molecule has 77 heavy (non-hydrogen) atoms. The maximum absolute atomic E-state index is 5.56. The summed E-state index contributed by atoms with van der Waals surface area (Å²) in [6.07, 6.45) is 11.3. The zero-order chi connectivity index (χ0) is 51.7. The van der Waals surface area contributed by atoms with E-state index >= 15 is 0 Å². The molecule has 2 aromatic heterocycles. The Morgan fingerprint density at radius 2 is 0.688 bits per heavy atom. The van der Waals surface area contributed by atoms with Gasteiger partial charge in [-0.25, -0.2) is 0 Å². The highest BCUT2D eigenvalue weighted by molar-refractivity contribution is 6.12. The van der Waals surface area contributed by atoms with Crippen LogP contribution in [0.25, 0.3) is 88.4 Å². The fraction of sp³-hybridized carbons (Fsp3) is 0.0137. The summed E-state index contributed by atoms with van der Waals surface area (Å²) in [6.45, 7) is 2.13. The summed E-state index contributed by atoms with van der Waals surface area (Å²) < 4.78 is 4.69. The van der Waals surface area contributed by atoms with Gasteiger partial charge >= 0.3 is 0 Å². The molecule has 0 spiro atoms. The van der Waals surface area contributed by atoms with Crippen LogP contribution in [0, 0.1) is 12.3 Å². The monoisotopic (exact) mass is 984 g/mol. The highest BCUT2D eigenvalue weighted by Gasteiger charge is 2.20. The van der Waals surface area contributed by atoms with Crippen LogP contribution in [0.15, 0.2) is 291 Å². The van der Waals surface area contributed by atoms with Gasteiger partial charge in [0.1, 0.15) is 0 Å². The number of hydrogen-bond acceptors (Lipinski definition) is 2. The second-order valence-electron chi connectivity index (χ2n) is 19.4. The molecule has 0 atom stereocenters. The minimum Gasteiger partial charge on any atom is -0.313 e.